The van der Waals surface area contributed by atoms with Crippen LogP contribution in [0.1, 0.15) is 46.5 Å². The average Bonchev–Trinajstić information content (AvgIpc) is 2.82. The van der Waals surface area contributed by atoms with Crippen molar-refractivity contribution in [3.05, 3.63) is 0 Å². The molecule has 0 radical (unpaired) electrons. The first-order chi connectivity index (χ1) is 9.93. The van der Waals surface area contributed by atoms with Crippen LogP contribution in [0.15, 0.2) is 0 Å². The molecule has 1 saturated heterocycles. The van der Waals surface area contributed by atoms with E-state index in [9.17, 15) is 26.1 Å². The predicted octanol–water partition coefficient (Wildman–Crippen LogP) is 4.71. The van der Waals surface area contributed by atoms with Crippen molar-refractivity contribution in [1.82, 2.24) is 0 Å². The zero-order valence-corrected chi connectivity index (χ0v) is 13.4. The van der Waals surface area contributed by atoms with Gasteiger partial charge in [0.25, 0.3) is 0 Å². The highest BCUT2D eigenvalue weighted by Gasteiger charge is 2.53. The first-order valence-electron chi connectivity index (χ1n) is 7.66. The quantitative estimate of drug-likeness (QED) is 0.387. The second-order valence-corrected chi connectivity index (χ2v) is 6.03. The van der Waals surface area contributed by atoms with Crippen LogP contribution < -0.4 is 0 Å². The van der Waals surface area contributed by atoms with E-state index in [1.165, 1.54) is 49.8 Å². The van der Waals surface area contributed by atoms with Crippen molar-refractivity contribution in [3.63, 3.8) is 0 Å². The van der Waals surface area contributed by atoms with Gasteiger partial charge in [-0.25, -0.2) is 13.2 Å². The van der Waals surface area contributed by atoms with Crippen LogP contribution >= 0.6 is 0 Å². The summed E-state index contributed by atoms with van der Waals surface area (Å²) in [6.45, 7) is 4.84. The molecule has 1 rings (SSSR count). The van der Waals surface area contributed by atoms with E-state index in [2.05, 4.69) is 20.8 Å². The molecule has 1 fully saturated rings. The molecule has 1 aliphatic heterocycles. The third kappa shape index (κ3) is 8.26. The van der Waals surface area contributed by atoms with E-state index in [4.69, 9.17) is 4.74 Å². The van der Waals surface area contributed by atoms with Gasteiger partial charge in [0.2, 0.25) is 0 Å². The van der Waals surface area contributed by atoms with Crippen molar-refractivity contribution in [2.45, 2.75) is 58.6 Å². The van der Waals surface area contributed by atoms with Gasteiger partial charge in [0, 0.05) is 12.8 Å². The van der Waals surface area contributed by atoms with Crippen molar-refractivity contribution >= 4 is 6.98 Å². The molecule has 9 heteroatoms. The number of rotatable bonds is 6. The molecule has 0 atom stereocenters. The molecule has 22 heavy (non-hydrogen) atoms. The van der Waals surface area contributed by atoms with Gasteiger partial charge in [-0.2, -0.15) is 0 Å². The first kappa shape index (κ1) is 21.6. The molecule has 0 aliphatic carbocycles. The highest BCUT2D eigenvalue weighted by Crippen LogP contribution is 2.31. The number of nitrogens with zero attached hydrogens (tertiary/aromatic N) is 1. The number of alkyl halides is 3. The van der Waals surface area contributed by atoms with Gasteiger partial charge in [-0.3, -0.25) is 0 Å². The molecule has 0 unspecified atom stereocenters. The van der Waals surface area contributed by atoms with Crippen molar-refractivity contribution in [3.8, 4) is 0 Å². The Morgan fingerprint density at radius 3 is 1.86 bits per heavy atom. The number of quaternary nitrogens is 1. The molecule has 0 aromatic carbocycles. The van der Waals surface area contributed by atoms with Gasteiger partial charge < -0.3 is 22.2 Å². The van der Waals surface area contributed by atoms with Crippen molar-refractivity contribution < 1.29 is 35.3 Å². The zero-order chi connectivity index (χ0) is 17.4. The Morgan fingerprint density at radius 2 is 1.55 bits per heavy atom. The number of hydrogen-bond acceptors (Lipinski definition) is 1. The normalized spacial score (nSPS) is 18.3. The fraction of sp³-hybridized carbons (Fsp3) is 1.00. The largest absolute Gasteiger partial charge is 0.583 e. The van der Waals surface area contributed by atoms with Gasteiger partial charge in [-0.05, 0) is 20.3 Å². The van der Waals surface area contributed by atoms with Gasteiger partial charge in [0.05, 0.1) is 25.7 Å². The van der Waals surface area contributed by atoms with Gasteiger partial charge in [0.1, 0.15) is 0 Å². The van der Waals surface area contributed by atoms with E-state index in [0.29, 0.717) is 6.10 Å². The minimum Gasteiger partial charge on any atom is -0.443 e. The Bertz CT molecular complexity index is 288. The first-order valence-corrected chi connectivity index (χ1v) is 7.66. The standard InChI is InChI=1S/C12H26NO.CBF6/c1-4-5-8-13(9-6-7-10-13)11-14-12(2)3;3-1(4,5)2(6,7)8/h12H,4-11H2,1-3H3;/q+1;-1. The smallest absolute Gasteiger partial charge is 0.443 e. The lowest BCUT2D eigenvalue weighted by Crippen LogP contribution is -2.48. The zero-order valence-electron chi connectivity index (χ0n) is 13.4. The number of unbranched alkanes of at least 4 members (excludes halogenated alkanes) is 1. The van der Waals surface area contributed by atoms with E-state index in [-0.39, 0.29) is 0 Å². The molecule has 0 bridgehead atoms. The van der Waals surface area contributed by atoms with Crippen LogP contribution in [0, 0.1) is 0 Å². The van der Waals surface area contributed by atoms with Crippen molar-refractivity contribution in [1.29, 1.82) is 0 Å². The van der Waals surface area contributed by atoms with Crippen LogP contribution in [0.5, 0.6) is 0 Å². The summed E-state index contributed by atoms with van der Waals surface area (Å²) in [6.07, 6.45) is -0.174. The molecule has 1 heterocycles. The summed E-state index contributed by atoms with van der Waals surface area (Å²) in [4.78, 5) is 0. The number of hydrogen-bond donors (Lipinski definition) is 0. The van der Waals surface area contributed by atoms with E-state index in [1.807, 2.05) is 0 Å². The fourth-order valence-electron chi connectivity index (χ4n) is 2.22. The van der Waals surface area contributed by atoms with Crippen molar-refractivity contribution in [2.75, 3.05) is 26.4 Å². The summed E-state index contributed by atoms with van der Waals surface area (Å²) in [5.74, 6) is 0. The van der Waals surface area contributed by atoms with Gasteiger partial charge in [-0.1, -0.05) is 13.3 Å². The molecule has 2 nitrogen and oxygen atoms in total. The molecular weight excluding hydrogens is 311 g/mol. The number of ether oxygens (including phenoxy) is 1. The fourth-order valence-corrected chi connectivity index (χ4v) is 2.22. The highest BCUT2D eigenvalue weighted by molar-refractivity contribution is 6.60. The number of likely N-dealkylation sites (tertiary alicyclic amines) is 1. The van der Waals surface area contributed by atoms with Crippen LogP contribution in [-0.4, -0.2) is 50.0 Å². The summed E-state index contributed by atoms with van der Waals surface area (Å²) in [6, 6.07) is 0. The van der Waals surface area contributed by atoms with E-state index in [0.717, 1.165) is 6.73 Å². The summed E-state index contributed by atoms with van der Waals surface area (Å²) in [7, 11) is 0. The SMILES string of the molecule is CCCC[N+]1(COC(C)C)CCCC1.F[B-](F)(F)C(F)(F)F. The second-order valence-electron chi connectivity index (χ2n) is 6.03. The highest BCUT2D eigenvalue weighted by atomic mass is 19.4. The maximum absolute atomic E-state index is 10.5. The molecule has 0 aromatic heterocycles. The van der Waals surface area contributed by atoms with E-state index >= 15 is 0 Å². The maximum Gasteiger partial charge on any atom is 0.583 e. The van der Waals surface area contributed by atoms with Crippen LogP contribution in [0.25, 0.3) is 0 Å². The van der Waals surface area contributed by atoms with Gasteiger partial charge in [0.15, 0.2) is 6.73 Å². The summed E-state index contributed by atoms with van der Waals surface area (Å²) in [5.41, 5.74) is 0. The second kappa shape index (κ2) is 9.01. The lowest BCUT2D eigenvalue weighted by atomic mass is 9.92. The molecule has 0 amide bonds. The van der Waals surface area contributed by atoms with Gasteiger partial charge >= 0.3 is 13.1 Å². The van der Waals surface area contributed by atoms with Crippen molar-refractivity contribution in [2.24, 2.45) is 0 Å². The van der Waals surface area contributed by atoms with Crippen LogP contribution in [-0.2, 0) is 4.74 Å². The minimum absolute atomic E-state index is 0.382. The molecule has 1 aliphatic rings. The third-order valence-corrected chi connectivity index (χ3v) is 3.55. The van der Waals surface area contributed by atoms with E-state index < -0.39 is 13.1 Å². The average molecular weight is 337 g/mol. The summed E-state index contributed by atoms with van der Waals surface area (Å²) < 4.78 is 69.9. The molecule has 0 saturated carbocycles. The molecule has 0 N–H and O–H groups in total. The van der Waals surface area contributed by atoms with E-state index in [1.54, 1.807) is 0 Å². The summed E-state index contributed by atoms with van der Waals surface area (Å²) >= 11 is 0. The lowest BCUT2D eigenvalue weighted by molar-refractivity contribution is -0.935. The molecule has 0 aromatic rings. The molecular formula is C13H26BF6NO. The topological polar surface area (TPSA) is 9.23 Å². The Morgan fingerprint density at radius 1 is 1.09 bits per heavy atom. The predicted molar refractivity (Wildman–Crippen MR) is 75.2 cm³/mol. The Labute approximate surface area is 128 Å². The lowest BCUT2D eigenvalue weighted by Gasteiger charge is -2.34. The Hall–Kier alpha value is -0.435. The summed E-state index contributed by atoms with van der Waals surface area (Å²) in [5, 5.41) is 0. The Kier molecular flexibility index (Phi) is 8.83. The monoisotopic (exact) mass is 337 g/mol. The Balaban J connectivity index is 0.000000472. The minimum atomic E-state index is -6.65. The van der Waals surface area contributed by atoms with Crippen LogP contribution in [0.2, 0.25) is 0 Å². The van der Waals surface area contributed by atoms with Gasteiger partial charge in [-0.15, -0.1) is 0 Å². The maximum atomic E-state index is 10.5. The van der Waals surface area contributed by atoms with Crippen LogP contribution in [0.4, 0.5) is 26.1 Å². The molecule has 134 valence electrons. The van der Waals surface area contributed by atoms with Crippen LogP contribution in [0.3, 0.4) is 0 Å². The number of halogens is 6. The third-order valence-electron chi connectivity index (χ3n) is 3.55. The molecule has 0 spiro atoms.